The maximum Gasteiger partial charge on any atom is 0.410 e. The molecule has 12 nitrogen and oxygen atoms in total. The number of fused-ring (bicyclic) bond motifs is 7. The van der Waals surface area contributed by atoms with Gasteiger partial charge in [0, 0.05) is 32.2 Å². The van der Waals surface area contributed by atoms with Crippen molar-refractivity contribution in [3.8, 4) is 28.9 Å². The van der Waals surface area contributed by atoms with E-state index in [0.29, 0.717) is 65.8 Å². The van der Waals surface area contributed by atoms with E-state index < -0.39 is 28.9 Å². The normalized spacial score (nSPS) is 25.6. The predicted molar refractivity (Wildman–Crippen MR) is 202 cm³/mol. The summed E-state index contributed by atoms with van der Waals surface area (Å²) in [4.78, 5) is 34.1. The molecule has 298 valence electrons. The van der Waals surface area contributed by atoms with Crippen molar-refractivity contribution in [3.05, 3.63) is 41.5 Å². The second-order valence-electron chi connectivity index (χ2n) is 16.7. The molecule has 5 aliphatic rings. The number of carbonyl (C=O) groups is 1. The summed E-state index contributed by atoms with van der Waals surface area (Å²) in [7, 11) is 1.50. The Labute approximate surface area is 323 Å². The van der Waals surface area contributed by atoms with Crippen molar-refractivity contribution in [1.29, 1.82) is 0 Å². The van der Waals surface area contributed by atoms with Crippen molar-refractivity contribution >= 4 is 33.6 Å². The molecule has 9 rings (SSSR count). The van der Waals surface area contributed by atoms with Gasteiger partial charge in [0.1, 0.15) is 59.0 Å². The standard InChI is InChI=1S/C41H47F3N6O6/c1-6-26-28(43)10-8-22-14-25(55-21-52-5)15-27(31(22)26)34-33(44)35-32-36(47-38(46-35)54-20-41-12-7-13-48(41)17-23(42)16-41)49-18-24-9-11-29(30(49)19-53-37(32)45-34)50(24)39(51)56-40(2,3)4/h8,10,14-15,23-24,29-30H,6-7,9,11-13,16-21H2,1-5H3/t23-,24-,29+,30+,41-/m1/s1. The summed E-state index contributed by atoms with van der Waals surface area (Å²) in [5, 5.41) is 1.39. The second-order valence-corrected chi connectivity index (χ2v) is 16.7. The number of carbonyl (C=O) groups excluding carboxylic acids is 1. The highest BCUT2D eigenvalue weighted by Gasteiger charge is 2.52. The zero-order valence-electron chi connectivity index (χ0n) is 32.4. The van der Waals surface area contributed by atoms with Gasteiger partial charge >= 0.3 is 12.1 Å². The largest absolute Gasteiger partial charge is 0.475 e. The van der Waals surface area contributed by atoms with E-state index in [-0.39, 0.29) is 72.7 Å². The summed E-state index contributed by atoms with van der Waals surface area (Å²) in [5.74, 6) is -0.320. The van der Waals surface area contributed by atoms with Gasteiger partial charge in [0.25, 0.3) is 0 Å². The fourth-order valence-corrected chi connectivity index (χ4v) is 9.78. The summed E-state index contributed by atoms with van der Waals surface area (Å²) < 4.78 is 77.5. The Morgan fingerprint density at radius 3 is 2.68 bits per heavy atom. The highest BCUT2D eigenvalue weighted by molar-refractivity contribution is 6.03. The van der Waals surface area contributed by atoms with E-state index in [1.165, 1.54) is 13.2 Å². The van der Waals surface area contributed by atoms with Gasteiger partial charge in [0.15, 0.2) is 12.6 Å². The van der Waals surface area contributed by atoms with Gasteiger partial charge in [-0.25, -0.2) is 22.9 Å². The van der Waals surface area contributed by atoms with Crippen LogP contribution in [-0.4, -0.2) is 113 Å². The minimum absolute atomic E-state index is 0.0528. The Morgan fingerprint density at radius 1 is 1.05 bits per heavy atom. The zero-order chi connectivity index (χ0) is 39.1. The van der Waals surface area contributed by atoms with E-state index in [9.17, 15) is 9.18 Å². The summed E-state index contributed by atoms with van der Waals surface area (Å²) in [6, 6.07) is 5.50. The number of piperazine rings is 1. The fourth-order valence-electron chi connectivity index (χ4n) is 9.78. The molecular weight excluding hydrogens is 729 g/mol. The molecule has 4 saturated heterocycles. The molecule has 0 aliphatic carbocycles. The average Bonchev–Trinajstić information content (AvgIpc) is 3.76. The van der Waals surface area contributed by atoms with E-state index in [4.69, 9.17) is 38.6 Å². The quantitative estimate of drug-likeness (QED) is 0.173. The van der Waals surface area contributed by atoms with Gasteiger partial charge in [0.05, 0.1) is 23.7 Å². The summed E-state index contributed by atoms with van der Waals surface area (Å²) in [5.41, 5.74) is -0.665. The molecule has 56 heavy (non-hydrogen) atoms. The van der Waals surface area contributed by atoms with Gasteiger partial charge in [0.2, 0.25) is 5.88 Å². The lowest BCUT2D eigenvalue weighted by molar-refractivity contribution is 0.00537. The van der Waals surface area contributed by atoms with Crippen LogP contribution in [-0.2, 0) is 15.9 Å². The SMILES string of the molecule is CCc1c(F)ccc2cc(OCOC)cc(-c3nc4c5c(nc(OC[C@]67CCCN6C[C@H](F)C7)nc5c3F)N3C[C@H]5CC[C@@H]([C@@H]3CO4)N5C(=O)OC(C)(C)C)c12. The first-order chi connectivity index (χ1) is 26.9. The minimum atomic E-state index is -0.958. The lowest BCUT2D eigenvalue weighted by atomic mass is 9.94. The molecular formula is C41H47F3N6O6. The van der Waals surface area contributed by atoms with Crippen molar-refractivity contribution in [2.24, 2.45) is 0 Å². The maximum atomic E-state index is 17.6. The van der Waals surface area contributed by atoms with Crippen molar-refractivity contribution in [3.63, 3.8) is 0 Å². The first-order valence-electron chi connectivity index (χ1n) is 19.6. The Kier molecular flexibility index (Phi) is 9.10. The van der Waals surface area contributed by atoms with Gasteiger partial charge in [-0.15, -0.1) is 0 Å². The Balaban J connectivity index is 1.21. The number of alkyl halides is 1. The number of hydrogen-bond acceptors (Lipinski definition) is 11. The molecule has 0 radical (unpaired) electrons. The zero-order valence-corrected chi connectivity index (χ0v) is 32.4. The van der Waals surface area contributed by atoms with E-state index >= 15 is 8.78 Å². The van der Waals surface area contributed by atoms with Crippen LogP contribution in [0.3, 0.4) is 0 Å². The van der Waals surface area contributed by atoms with E-state index in [2.05, 4.69) is 9.80 Å². The third-order valence-electron chi connectivity index (χ3n) is 12.1. The van der Waals surface area contributed by atoms with Crippen LogP contribution in [0.5, 0.6) is 17.6 Å². The van der Waals surface area contributed by atoms with Crippen LogP contribution < -0.4 is 19.1 Å². The molecule has 5 aliphatic heterocycles. The molecule has 15 heteroatoms. The number of rotatable bonds is 8. The second kappa shape index (κ2) is 13.8. The number of methoxy groups -OCH3 is 1. The van der Waals surface area contributed by atoms with Crippen molar-refractivity contribution in [2.75, 3.05) is 51.7 Å². The highest BCUT2D eigenvalue weighted by Crippen LogP contribution is 2.47. The van der Waals surface area contributed by atoms with Crippen LogP contribution in [0.1, 0.15) is 65.4 Å². The van der Waals surface area contributed by atoms with Gasteiger partial charge < -0.3 is 28.6 Å². The lowest BCUT2D eigenvalue weighted by Gasteiger charge is -2.46. The molecule has 7 heterocycles. The van der Waals surface area contributed by atoms with E-state index in [1.54, 1.807) is 18.2 Å². The van der Waals surface area contributed by atoms with Gasteiger partial charge in [-0.3, -0.25) is 9.80 Å². The third kappa shape index (κ3) is 6.12. The lowest BCUT2D eigenvalue weighted by Crippen LogP contribution is -2.63. The molecule has 0 N–H and O–H groups in total. The molecule has 5 atom stereocenters. The number of nitrogens with zero attached hydrogens (tertiary/aromatic N) is 6. The van der Waals surface area contributed by atoms with Crippen LogP contribution in [0.4, 0.5) is 23.8 Å². The maximum absolute atomic E-state index is 17.6. The number of benzene rings is 2. The van der Waals surface area contributed by atoms with Crippen molar-refractivity contribution in [2.45, 2.75) is 102 Å². The van der Waals surface area contributed by atoms with E-state index in [0.717, 1.165) is 25.8 Å². The van der Waals surface area contributed by atoms with Gasteiger partial charge in [-0.1, -0.05) is 13.0 Å². The predicted octanol–water partition coefficient (Wildman–Crippen LogP) is 6.97. The van der Waals surface area contributed by atoms with Crippen LogP contribution in [0.25, 0.3) is 32.9 Å². The molecule has 2 aromatic carbocycles. The average molecular weight is 777 g/mol. The number of aryl methyl sites for hydroxylation is 1. The number of ether oxygens (including phenoxy) is 5. The Morgan fingerprint density at radius 2 is 1.89 bits per heavy atom. The number of pyridine rings is 1. The first kappa shape index (κ1) is 37.0. The number of anilines is 1. The molecule has 1 amide bonds. The third-order valence-corrected chi connectivity index (χ3v) is 12.1. The highest BCUT2D eigenvalue weighted by atomic mass is 19.1. The molecule has 0 saturated carbocycles. The molecule has 4 aromatic rings. The van der Waals surface area contributed by atoms with Crippen LogP contribution in [0.2, 0.25) is 0 Å². The van der Waals surface area contributed by atoms with Crippen LogP contribution >= 0.6 is 0 Å². The first-order valence-corrected chi connectivity index (χ1v) is 19.6. The van der Waals surface area contributed by atoms with E-state index in [1.807, 2.05) is 32.6 Å². The van der Waals surface area contributed by atoms with Gasteiger partial charge in [-0.2, -0.15) is 9.97 Å². The van der Waals surface area contributed by atoms with Crippen LogP contribution in [0, 0.1) is 11.6 Å². The fraction of sp³-hybridized carbons (Fsp3) is 0.561. The smallest absolute Gasteiger partial charge is 0.410 e. The molecule has 2 bridgehead atoms. The number of amides is 1. The summed E-state index contributed by atoms with van der Waals surface area (Å²) in [6.45, 7) is 9.09. The molecule has 0 unspecified atom stereocenters. The Bertz CT molecular complexity index is 2220. The number of halogens is 3. The minimum Gasteiger partial charge on any atom is -0.475 e. The molecule has 0 spiro atoms. The summed E-state index contributed by atoms with van der Waals surface area (Å²) in [6.07, 6.45) is 2.50. The topological polar surface area (TPSA) is 112 Å². The number of aromatic nitrogens is 3. The van der Waals surface area contributed by atoms with Crippen molar-refractivity contribution < 1.29 is 41.7 Å². The van der Waals surface area contributed by atoms with Gasteiger partial charge in [-0.05, 0) is 94.0 Å². The Hall–Kier alpha value is -4.63. The van der Waals surface area contributed by atoms with Crippen LogP contribution in [0.15, 0.2) is 24.3 Å². The monoisotopic (exact) mass is 776 g/mol. The molecule has 2 aromatic heterocycles. The molecule has 4 fully saturated rings. The number of hydrogen-bond donors (Lipinski definition) is 0. The summed E-state index contributed by atoms with van der Waals surface area (Å²) >= 11 is 0. The van der Waals surface area contributed by atoms with Crippen molar-refractivity contribution in [1.82, 2.24) is 24.8 Å².